The van der Waals surface area contributed by atoms with Crippen molar-refractivity contribution in [2.75, 3.05) is 36.8 Å². The Morgan fingerprint density at radius 1 is 1.50 bits per heavy atom. The van der Waals surface area contributed by atoms with Crippen molar-refractivity contribution in [1.82, 2.24) is 14.9 Å². The lowest BCUT2D eigenvalue weighted by molar-refractivity contribution is 0.232. The first kappa shape index (κ1) is 13.5. The van der Waals surface area contributed by atoms with Gasteiger partial charge in [0.2, 0.25) is 5.95 Å². The Bertz CT molecular complexity index is 407. The Balaban J connectivity index is 2.10. The summed E-state index contributed by atoms with van der Waals surface area (Å²) in [5, 5.41) is 0. The molecule has 2 N–H and O–H groups in total. The quantitative estimate of drug-likeness (QED) is 0.917. The highest BCUT2D eigenvalue weighted by Crippen LogP contribution is 2.28. The number of aromatic nitrogens is 2. The maximum atomic E-state index is 5.66. The molecule has 1 aromatic rings. The molecule has 0 radical (unpaired) electrons. The summed E-state index contributed by atoms with van der Waals surface area (Å²) in [7, 11) is 0. The maximum absolute atomic E-state index is 5.66. The van der Waals surface area contributed by atoms with Crippen LogP contribution in [0.1, 0.15) is 20.3 Å². The van der Waals surface area contributed by atoms with Gasteiger partial charge in [0.25, 0.3) is 0 Å². The highest BCUT2D eigenvalue weighted by molar-refractivity contribution is 9.10. The van der Waals surface area contributed by atoms with Crippen molar-refractivity contribution >= 4 is 27.7 Å². The van der Waals surface area contributed by atoms with E-state index >= 15 is 0 Å². The molecule has 6 heteroatoms. The van der Waals surface area contributed by atoms with Gasteiger partial charge in [-0.3, -0.25) is 4.90 Å². The van der Waals surface area contributed by atoms with Crippen LogP contribution >= 0.6 is 15.9 Å². The molecule has 2 rings (SSSR count). The van der Waals surface area contributed by atoms with E-state index in [9.17, 15) is 0 Å². The normalized spacial score (nSPS) is 19.8. The lowest BCUT2D eigenvalue weighted by Gasteiger charge is -2.26. The van der Waals surface area contributed by atoms with Gasteiger partial charge in [-0.1, -0.05) is 13.8 Å². The molecule has 1 fully saturated rings. The topological polar surface area (TPSA) is 58.3 Å². The first-order valence-electron chi connectivity index (χ1n) is 6.42. The summed E-state index contributed by atoms with van der Waals surface area (Å²) in [5.74, 6) is 1.25. The summed E-state index contributed by atoms with van der Waals surface area (Å²) in [6.45, 7) is 8.66. The molecule has 1 aromatic heterocycles. The molecule has 0 bridgehead atoms. The van der Waals surface area contributed by atoms with Crippen LogP contribution in [-0.2, 0) is 0 Å². The Labute approximate surface area is 117 Å². The Morgan fingerprint density at radius 3 is 2.89 bits per heavy atom. The third-order valence-corrected chi connectivity index (χ3v) is 4.10. The zero-order chi connectivity index (χ0) is 13.1. The zero-order valence-corrected chi connectivity index (χ0v) is 12.5. The molecule has 1 unspecified atom stereocenters. The van der Waals surface area contributed by atoms with Crippen molar-refractivity contribution in [2.45, 2.75) is 26.3 Å². The summed E-state index contributed by atoms with van der Waals surface area (Å²) in [6, 6.07) is 0.614. The van der Waals surface area contributed by atoms with Gasteiger partial charge < -0.3 is 10.6 Å². The second-order valence-corrected chi connectivity index (χ2v) is 5.36. The number of likely N-dealkylation sites (N-methyl/N-ethyl adjacent to an activating group) is 1. The molecule has 1 atom stereocenters. The summed E-state index contributed by atoms with van der Waals surface area (Å²) in [5.41, 5.74) is 5.66. The zero-order valence-electron chi connectivity index (χ0n) is 10.9. The first-order chi connectivity index (χ1) is 8.65. The van der Waals surface area contributed by atoms with Gasteiger partial charge in [0.05, 0.1) is 4.47 Å². The van der Waals surface area contributed by atoms with Gasteiger partial charge in [0.1, 0.15) is 5.82 Å². The van der Waals surface area contributed by atoms with Crippen molar-refractivity contribution in [3.8, 4) is 0 Å². The van der Waals surface area contributed by atoms with Crippen LogP contribution < -0.4 is 10.6 Å². The number of nitrogens with zero attached hydrogens (tertiary/aromatic N) is 4. The highest BCUT2D eigenvalue weighted by atomic mass is 79.9. The molecule has 1 saturated heterocycles. The molecule has 1 aliphatic rings. The minimum absolute atomic E-state index is 0.333. The Kier molecular flexibility index (Phi) is 4.40. The van der Waals surface area contributed by atoms with E-state index in [0.29, 0.717) is 12.0 Å². The Hall–Kier alpha value is -0.880. The number of hydrogen-bond acceptors (Lipinski definition) is 5. The number of anilines is 2. The monoisotopic (exact) mass is 313 g/mol. The highest BCUT2D eigenvalue weighted by Gasteiger charge is 2.28. The van der Waals surface area contributed by atoms with Crippen LogP contribution in [0, 0.1) is 0 Å². The molecule has 1 aliphatic heterocycles. The average molecular weight is 314 g/mol. The minimum Gasteiger partial charge on any atom is -0.368 e. The third-order valence-electron chi connectivity index (χ3n) is 3.54. The standard InChI is InChI=1S/C12H20BrN5/c1-3-17(4-2)9-5-6-18(8-9)11-10(13)7-15-12(14)16-11/h7,9H,3-6,8H2,1-2H3,(H2,14,15,16). The van der Waals surface area contributed by atoms with Crippen molar-refractivity contribution in [2.24, 2.45) is 0 Å². The molecule has 100 valence electrons. The molecule has 0 aromatic carbocycles. The fourth-order valence-electron chi connectivity index (χ4n) is 2.57. The minimum atomic E-state index is 0.333. The molecule has 0 amide bonds. The lowest BCUT2D eigenvalue weighted by atomic mass is 10.2. The molecule has 2 heterocycles. The second-order valence-electron chi connectivity index (χ2n) is 4.51. The van der Waals surface area contributed by atoms with E-state index in [2.05, 4.69) is 49.5 Å². The summed E-state index contributed by atoms with van der Waals surface area (Å²) >= 11 is 3.50. The van der Waals surface area contributed by atoms with E-state index in [1.54, 1.807) is 6.20 Å². The van der Waals surface area contributed by atoms with Crippen molar-refractivity contribution in [1.29, 1.82) is 0 Å². The van der Waals surface area contributed by atoms with E-state index in [1.807, 2.05) is 0 Å². The molecule has 5 nitrogen and oxygen atoms in total. The van der Waals surface area contributed by atoms with Crippen LogP contribution in [0.5, 0.6) is 0 Å². The molecule has 18 heavy (non-hydrogen) atoms. The fraction of sp³-hybridized carbons (Fsp3) is 0.667. The van der Waals surface area contributed by atoms with Gasteiger partial charge in [-0.15, -0.1) is 0 Å². The fourth-order valence-corrected chi connectivity index (χ4v) is 3.01. The van der Waals surface area contributed by atoms with Crippen LogP contribution in [0.3, 0.4) is 0 Å². The molecule has 0 aliphatic carbocycles. The van der Waals surface area contributed by atoms with Crippen molar-refractivity contribution < 1.29 is 0 Å². The van der Waals surface area contributed by atoms with E-state index in [4.69, 9.17) is 5.73 Å². The van der Waals surface area contributed by atoms with Gasteiger partial charge >= 0.3 is 0 Å². The molecular formula is C12H20BrN5. The summed E-state index contributed by atoms with van der Waals surface area (Å²) < 4.78 is 0.914. The smallest absolute Gasteiger partial charge is 0.222 e. The van der Waals surface area contributed by atoms with Crippen LogP contribution in [0.25, 0.3) is 0 Å². The predicted octanol–water partition coefficient (Wildman–Crippen LogP) is 1.74. The van der Waals surface area contributed by atoms with E-state index in [0.717, 1.165) is 36.5 Å². The molecule has 0 spiro atoms. The number of hydrogen-bond donors (Lipinski definition) is 1. The largest absolute Gasteiger partial charge is 0.368 e. The summed E-state index contributed by atoms with van der Waals surface area (Å²) in [4.78, 5) is 13.1. The first-order valence-corrected chi connectivity index (χ1v) is 7.22. The van der Waals surface area contributed by atoms with Crippen molar-refractivity contribution in [3.05, 3.63) is 10.7 Å². The van der Waals surface area contributed by atoms with Gasteiger partial charge in [-0.25, -0.2) is 4.98 Å². The number of nitrogens with two attached hydrogens (primary N) is 1. The Morgan fingerprint density at radius 2 is 2.22 bits per heavy atom. The van der Waals surface area contributed by atoms with Gasteiger partial charge in [0, 0.05) is 25.3 Å². The van der Waals surface area contributed by atoms with Crippen LogP contribution in [0.4, 0.5) is 11.8 Å². The molecule has 0 saturated carbocycles. The third kappa shape index (κ3) is 2.75. The number of nitrogen functional groups attached to an aromatic ring is 1. The maximum Gasteiger partial charge on any atom is 0.222 e. The van der Waals surface area contributed by atoms with Crippen LogP contribution in [-0.4, -0.2) is 47.1 Å². The molecular weight excluding hydrogens is 294 g/mol. The van der Waals surface area contributed by atoms with Crippen LogP contribution in [0.15, 0.2) is 10.7 Å². The van der Waals surface area contributed by atoms with E-state index in [-0.39, 0.29) is 0 Å². The average Bonchev–Trinajstić information content (AvgIpc) is 2.83. The van der Waals surface area contributed by atoms with Crippen LogP contribution in [0.2, 0.25) is 0 Å². The predicted molar refractivity (Wildman–Crippen MR) is 77.7 cm³/mol. The van der Waals surface area contributed by atoms with Gasteiger partial charge in [-0.2, -0.15) is 4.98 Å². The lowest BCUT2D eigenvalue weighted by Crippen LogP contribution is -2.37. The number of rotatable bonds is 4. The summed E-state index contributed by atoms with van der Waals surface area (Å²) in [6.07, 6.45) is 2.90. The van der Waals surface area contributed by atoms with E-state index in [1.165, 1.54) is 6.42 Å². The van der Waals surface area contributed by atoms with Gasteiger partial charge in [0.15, 0.2) is 0 Å². The second kappa shape index (κ2) is 5.84. The van der Waals surface area contributed by atoms with E-state index < -0.39 is 0 Å². The van der Waals surface area contributed by atoms with Gasteiger partial charge in [-0.05, 0) is 35.4 Å². The van der Waals surface area contributed by atoms with Crippen molar-refractivity contribution in [3.63, 3.8) is 0 Å². The SMILES string of the molecule is CCN(CC)C1CCN(c2nc(N)ncc2Br)C1. The number of halogens is 1.